The summed E-state index contributed by atoms with van der Waals surface area (Å²) in [5.74, 6) is 0.126. The van der Waals surface area contributed by atoms with Gasteiger partial charge in [-0.2, -0.15) is 5.10 Å². The molecule has 0 amide bonds. The Bertz CT molecular complexity index is 1470. The van der Waals surface area contributed by atoms with E-state index in [0.29, 0.717) is 11.3 Å². The quantitative estimate of drug-likeness (QED) is 0.521. The van der Waals surface area contributed by atoms with Gasteiger partial charge in [-0.1, -0.05) is 6.07 Å². The third kappa shape index (κ3) is 2.88. The molecule has 1 aliphatic heterocycles. The van der Waals surface area contributed by atoms with Crippen molar-refractivity contribution in [3.63, 3.8) is 0 Å². The van der Waals surface area contributed by atoms with Gasteiger partial charge >= 0.3 is 12.0 Å². The highest BCUT2D eigenvalue weighted by atomic mass is 19.3. The van der Waals surface area contributed by atoms with Crippen LogP contribution >= 0.6 is 0 Å². The summed E-state index contributed by atoms with van der Waals surface area (Å²) in [5, 5.41) is 4.42. The van der Waals surface area contributed by atoms with Gasteiger partial charge in [-0.05, 0) is 42.0 Å². The maximum Gasteiger partial charge on any atom is 0.586 e. The Morgan fingerprint density at radius 3 is 2.81 bits per heavy atom. The second-order valence-electron chi connectivity index (χ2n) is 7.49. The normalized spacial score (nSPS) is 20.8. The van der Waals surface area contributed by atoms with Crippen LogP contribution in [0.1, 0.15) is 29.4 Å². The third-order valence-electron chi connectivity index (χ3n) is 5.53. The van der Waals surface area contributed by atoms with Gasteiger partial charge in [0.2, 0.25) is 0 Å². The lowest BCUT2D eigenvalue weighted by Gasteiger charge is -2.08. The molecule has 2 atom stereocenters. The zero-order valence-electron chi connectivity index (χ0n) is 15.6. The molecule has 156 valence electrons. The van der Waals surface area contributed by atoms with E-state index in [9.17, 15) is 18.4 Å². The Balaban J connectivity index is 1.39. The molecule has 1 fully saturated rings. The number of H-pyrrole nitrogens is 2. The highest BCUT2D eigenvalue weighted by Gasteiger charge is 2.46. The van der Waals surface area contributed by atoms with Crippen LogP contribution in [-0.4, -0.2) is 30.9 Å². The number of ether oxygens (including phenoxy) is 2. The molecule has 1 unspecified atom stereocenters. The third-order valence-corrected chi connectivity index (χ3v) is 5.53. The number of alkyl halides is 2. The lowest BCUT2D eigenvalue weighted by atomic mass is 10.0. The highest BCUT2D eigenvalue weighted by Crippen LogP contribution is 2.57. The van der Waals surface area contributed by atoms with Crippen molar-refractivity contribution >= 4 is 5.65 Å². The molecule has 4 heterocycles. The van der Waals surface area contributed by atoms with Crippen molar-refractivity contribution in [2.75, 3.05) is 0 Å². The summed E-state index contributed by atoms with van der Waals surface area (Å²) in [5.41, 5.74) is 1.81. The lowest BCUT2D eigenvalue weighted by Crippen LogP contribution is -2.25. The molecule has 1 aromatic carbocycles. The number of nitrogens with one attached hydrogen (secondary N) is 2. The number of aromatic amines is 2. The number of imidazole rings is 1. The fraction of sp³-hybridized carbons (Fsp3) is 0.200. The van der Waals surface area contributed by atoms with E-state index in [1.807, 2.05) is 0 Å². The van der Waals surface area contributed by atoms with Crippen LogP contribution in [0.25, 0.3) is 16.9 Å². The standard InChI is InChI=1S/C20H13F2N5O4/c21-20(22)30-15-2-1-9(5-16(15)31-20)10-6-11(10)12-7-14(26-27-4-3-23-17(12)27)13-8-24-19(29)25-18(13)28/h1-5,7-8,10-11H,6H2,(H2,24,25,28,29)/t10-,11?/m1/s1. The first-order valence-corrected chi connectivity index (χ1v) is 9.44. The smallest absolute Gasteiger partial charge is 0.395 e. The zero-order valence-corrected chi connectivity index (χ0v) is 15.6. The van der Waals surface area contributed by atoms with Crippen molar-refractivity contribution in [2.24, 2.45) is 0 Å². The van der Waals surface area contributed by atoms with E-state index in [2.05, 4.69) is 29.5 Å². The molecule has 11 heteroatoms. The van der Waals surface area contributed by atoms with Crippen LogP contribution in [0.15, 0.2) is 52.4 Å². The number of fused-ring (bicyclic) bond motifs is 2. The number of aromatic nitrogens is 5. The van der Waals surface area contributed by atoms with Gasteiger partial charge in [0.25, 0.3) is 5.56 Å². The SMILES string of the molecule is O=c1[nH]cc(-c2cc(C3C[C@@H]3c3ccc4c(c3)OC(F)(F)O4)c3nccn3n2)c(=O)[nH]1. The summed E-state index contributed by atoms with van der Waals surface area (Å²) in [6.45, 7) is 0. The van der Waals surface area contributed by atoms with Crippen LogP contribution in [0.3, 0.4) is 0 Å². The Hall–Kier alpha value is -4.02. The number of rotatable bonds is 3. The van der Waals surface area contributed by atoms with Crippen molar-refractivity contribution in [2.45, 2.75) is 24.6 Å². The number of nitrogens with zero attached hydrogens (tertiary/aromatic N) is 3. The van der Waals surface area contributed by atoms with Gasteiger partial charge < -0.3 is 14.5 Å². The average molecular weight is 425 g/mol. The molecule has 6 rings (SSSR count). The molecule has 0 bridgehead atoms. The molecular weight excluding hydrogens is 412 g/mol. The molecule has 0 spiro atoms. The van der Waals surface area contributed by atoms with Gasteiger partial charge in [-0.25, -0.2) is 14.3 Å². The van der Waals surface area contributed by atoms with Crippen molar-refractivity contribution < 1.29 is 18.3 Å². The van der Waals surface area contributed by atoms with Crippen molar-refractivity contribution in [1.82, 2.24) is 24.6 Å². The Kier molecular flexibility index (Phi) is 3.45. The summed E-state index contributed by atoms with van der Waals surface area (Å²) < 4.78 is 37.2. The monoisotopic (exact) mass is 425 g/mol. The van der Waals surface area contributed by atoms with Gasteiger partial charge in [0, 0.05) is 24.2 Å². The van der Waals surface area contributed by atoms with Crippen LogP contribution in [0.2, 0.25) is 0 Å². The second kappa shape index (κ2) is 6.00. The molecule has 1 saturated carbocycles. The van der Waals surface area contributed by atoms with E-state index in [0.717, 1.165) is 17.5 Å². The Morgan fingerprint density at radius 2 is 1.97 bits per heavy atom. The van der Waals surface area contributed by atoms with Gasteiger partial charge in [0.1, 0.15) is 0 Å². The molecular formula is C20H13F2N5O4. The van der Waals surface area contributed by atoms with Gasteiger partial charge in [-0.3, -0.25) is 9.78 Å². The van der Waals surface area contributed by atoms with E-state index in [1.54, 1.807) is 35.1 Å². The van der Waals surface area contributed by atoms with Crippen LogP contribution in [0.5, 0.6) is 11.5 Å². The molecule has 4 aromatic rings. The van der Waals surface area contributed by atoms with Gasteiger partial charge in [0.15, 0.2) is 17.1 Å². The predicted molar refractivity (Wildman–Crippen MR) is 102 cm³/mol. The molecule has 9 nitrogen and oxygen atoms in total. The first-order valence-electron chi connectivity index (χ1n) is 9.44. The summed E-state index contributed by atoms with van der Waals surface area (Å²) in [6.07, 6.45) is 1.70. The fourth-order valence-corrected chi connectivity index (χ4v) is 4.05. The van der Waals surface area contributed by atoms with Gasteiger partial charge in [0.05, 0.1) is 11.3 Å². The van der Waals surface area contributed by atoms with Crippen LogP contribution in [0, 0.1) is 0 Å². The fourth-order valence-electron chi connectivity index (χ4n) is 4.05. The molecule has 3 aromatic heterocycles. The first kappa shape index (κ1) is 17.8. The molecule has 0 saturated heterocycles. The minimum Gasteiger partial charge on any atom is -0.395 e. The number of hydrogen-bond donors (Lipinski definition) is 2. The van der Waals surface area contributed by atoms with Crippen LogP contribution in [-0.2, 0) is 0 Å². The molecule has 0 radical (unpaired) electrons. The minimum atomic E-state index is -3.66. The highest BCUT2D eigenvalue weighted by molar-refractivity contribution is 5.64. The van der Waals surface area contributed by atoms with E-state index < -0.39 is 17.5 Å². The molecule has 1 aliphatic carbocycles. The largest absolute Gasteiger partial charge is 0.586 e. The average Bonchev–Trinajstić information content (AvgIpc) is 3.24. The Morgan fingerprint density at radius 1 is 1.13 bits per heavy atom. The summed E-state index contributed by atoms with van der Waals surface area (Å²) in [7, 11) is 0. The second-order valence-corrected chi connectivity index (χ2v) is 7.49. The molecule has 2 N–H and O–H groups in total. The summed E-state index contributed by atoms with van der Waals surface area (Å²) in [6, 6.07) is 6.56. The minimum absolute atomic E-state index is 0.00471. The van der Waals surface area contributed by atoms with Gasteiger partial charge in [-0.15, -0.1) is 8.78 Å². The molecule has 2 aliphatic rings. The van der Waals surface area contributed by atoms with E-state index in [1.165, 1.54) is 12.3 Å². The van der Waals surface area contributed by atoms with Crippen LogP contribution < -0.4 is 20.7 Å². The maximum absolute atomic E-state index is 13.3. The van der Waals surface area contributed by atoms with Crippen molar-refractivity contribution in [3.05, 3.63) is 74.8 Å². The topological polar surface area (TPSA) is 114 Å². The summed E-state index contributed by atoms with van der Waals surface area (Å²) in [4.78, 5) is 32.6. The van der Waals surface area contributed by atoms with E-state index in [4.69, 9.17) is 0 Å². The van der Waals surface area contributed by atoms with E-state index in [-0.39, 0.29) is 28.9 Å². The van der Waals surface area contributed by atoms with Crippen molar-refractivity contribution in [1.29, 1.82) is 0 Å². The molecule has 31 heavy (non-hydrogen) atoms. The van der Waals surface area contributed by atoms with E-state index >= 15 is 0 Å². The number of benzene rings is 1. The maximum atomic E-state index is 13.3. The van der Waals surface area contributed by atoms with Crippen molar-refractivity contribution in [3.8, 4) is 22.8 Å². The predicted octanol–water partition coefficient (Wildman–Crippen LogP) is 2.37. The Labute approximate surface area is 171 Å². The number of halogens is 2. The number of hydrogen-bond acceptors (Lipinski definition) is 6. The lowest BCUT2D eigenvalue weighted by molar-refractivity contribution is -0.286. The zero-order chi connectivity index (χ0) is 21.3. The van der Waals surface area contributed by atoms with Crippen LogP contribution in [0.4, 0.5) is 8.78 Å². The first-order chi connectivity index (χ1) is 14.9. The summed E-state index contributed by atoms with van der Waals surface area (Å²) >= 11 is 0.